The second kappa shape index (κ2) is 15.2. The Balaban J connectivity index is 0.000000250. The van der Waals surface area contributed by atoms with Crippen molar-refractivity contribution in [2.45, 2.75) is 106 Å². The predicted octanol–water partition coefficient (Wildman–Crippen LogP) is 12.6. The minimum Gasteiger partial charge on any atom is -0.512 e. The standard InChI is InChI=1S/C33H28N3.C13H24O2.Ir/c1-19-22-9-5-4-8-21(22)16-25-30-29-26(34-18-35-30)17-24(20-12-14-33(2,3)15-13-20)28-23-10-6-7-11-27(23)36(31(19)25)32(28)29;1-5-10(6-2)12(14)9-13(15)11(7-3)8-4;/h4-11,17-18,20H,12-15H2,1-3H3;9-11,14H,5-8H2,1-4H3;/q-1;;/b;12-9-;. The molecule has 3 heterocycles. The van der Waals surface area contributed by atoms with Crippen molar-refractivity contribution in [2.24, 2.45) is 17.3 Å². The average Bonchev–Trinajstić information content (AvgIpc) is 3.48. The predicted molar refractivity (Wildman–Crippen MR) is 214 cm³/mol. The van der Waals surface area contributed by atoms with E-state index < -0.39 is 0 Å². The second-order valence-electron chi connectivity index (χ2n) is 15.6. The summed E-state index contributed by atoms with van der Waals surface area (Å²) in [5.41, 5.74) is 9.02. The van der Waals surface area contributed by atoms with Gasteiger partial charge in [0, 0.05) is 65.2 Å². The number of ketones is 1. The second-order valence-corrected chi connectivity index (χ2v) is 15.6. The molecule has 5 nitrogen and oxygen atoms in total. The molecule has 6 heteroatoms. The molecule has 1 saturated carbocycles. The van der Waals surface area contributed by atoms with Gasteiger partial charge in [0.2, 0.25) is 0 Å². The van der Waals surface area contributed by atoms with E-state index in [1.165, 1.54) is 81.0 Å². The molecule has 8 rings (SSSR count). The fraction of sp³-hybridized carbons (Fsp3) is 0.413. The van der Waals surface area contributed by atoms with Gasteiger partial charge in [0.15, 0.2) is 5.78 Å². The van der Waals surface area contributed by atoms with Crippen LogP contribution < -0.4 is 0 Å². The molecule has 4 aromatic carbocycles. The van der Waals surface area contributed by atoms with Crippen molar-refractivity contribution in [1.82, 2.24) is 14.4 Å². The molecule has 1 aliphatic rings. The third-order valence-electron chi connectivity index (χ3n) is 12.1. The number of benzene rings is 4. The van der Waals surface area contributed by atoms with Gasteiger partial charge in [-0.3, -0.25) is 9.78 Å². The van der Waals surface area contributed by atoms with E-state index in [1.54, 1.807) is 6.33 Å². The van der Waals surface area contributed by atoms with E-state index in [-0.39, 0.29) is 43.5 Å². The van der Waals surface area contributed by atoms with Crippen LogP contribution in [0.5, 0.6) is 0 Å². The number of carbonyl (C=O) groups excluding carboxylic acids is 1. The molecule has 52 heavy (non-hydrogen) atoms. The van der Waals surface area contributed by atoms with Gasteiger partial charge in [-0.25, -0.2) is 4.98 Å². The zero-order valence-corrected chi connectivity index (χ0v) is 34.2. The zero-order valence-electron chi connectivity index (χ0n) is 31.8. The van der Waals surface area contributed by atoms with Gasteiger partial charge in [-0.2, -0.15) is 0 Å². The van der Waals surface area contributed by atoms with E-state index in [4.69, 9.17) is 9.97 Å². The number of pyridine rings is 1. The number of hydrogen-bond acceptors (Lipinski definition) is 4. The first kappa shape index (κ1) is 37.9. The Morgan fingerprint density at radius 2 is 1.54 bits per heavy atom. The minimum absolute atomic E-state index is 0. The summed E-state index contributed by atoms with van der Waals surface area (Å²) in [5, 5.41) is 17.1. The topological polar surface area (TPSA) is 67.5 Å². The summed E-state index contributed by atoms with van der Waals surface area (Å²) in [5.74, 6) is 1.11. The van der Waals surface area contributed by atoms with Gasteiger partial charge in [0.25, 0.3) is 0 Å². The SMILES string of the molecule is CCC(CC)C(=O)/C=C(\O)C(CC)CC.Cc1c2ccccc2[c-]c2c3ncnc4cc(C5CCC(C)(C)CC5)c5c6ccccc6n(c12)c5c43.[Ir]. The maximum atomic E-state index is 11.7. The summed E-state index contributed by atoms with van der Waals surface area (Å²) in [6, 6.07) is 23.7. The fourth-order valence-corrected chi connectivity index (χ4v) is 8.84. The van der Waals surface area contributed by atoms with E-state index in [1.807, 2.05) is 27.7 Å². The van der Waals surface area contributed by atoms with Gasteiger partial charge in [-0.1, -0.05) is 101 Å². The molecule has 3 aromatic heterocycles. The molecule has 0 atom stereocenters. The summed E-state index contributed by atoms with van der Waals surface area (Å²) in [6.07, 6.45) is 11.7. The summed E-state index contributed by atoms with van der Waals surface area (Å²) >= 11 is 0. The summed E-state index contributed by atoms with van der Waals surface area (Å²) in [7, 11) is 0. The summed E-state index contributed by atoms with van der Waals surface area (Å²) < 4.78 is 2.51. The maximum Gasteiger partial charge on any atom is 0.162 e. The quantitative estimate of drug-likeness (QED) is 0.0543. The molecule has 273 valence electrons. The molecule has 7 aromatic rings. The Labute approximate surface area is 321 Å². The molecule has 0 spiro atoms. The molecule has 0 aliphatic heterocycles. The van der Waals surface area contributed by atoms with Crippen molar-refractivity contribution in [2.75, 3.05) is 0 Å². The number of rotatable bonds is 8. The number of carbonyl (C=O) groups is 1. The molecule has 1 fully saturated rings. The normalized spacial score (nSPS) is 15.4. The number of hydrogen-bond donors (Lipinski definition) is 1. The molecule has 0 amide bonds. The molecule has 1 N–H and O–H groups in total. The Bertz CT molecular complexity index is 2400. The molecule has 1 radical (unpaired) electrons. The first-order chi connectivity index (χ1) is 24.6. The van der Waals surface area contributed by atoms with Crippen molar-refractivity contribution >= 4 is 65.7 Å². The monoisotopic (exact) mass is 871 g/mol. The van der Waals surface area contributed by atoms with Crippen LogP contribution in [0.25, 0.3) is 59.9 Å². The van der Waals surface area contributed by atoms with Gasteiger partial charge in [0.1, 0.15) is 6.33 Å². The van der Waals surface area contributed by atoms with E-state index in [9.17, 15) is 9.90 Å². The molecular weight excluding hydrogens is 819 g/mol. The maximum absolute atomic E-state index is 11.7. The number of fused-ring (bicyclic) bond motifs is 7. The number of nitrogens with zero attached hydrogens (tertiary/aromatic N) is 3. The first-order valence-electron chi connectivity index (χ1n) is 19.2. The van der Waals surface area contributed by atoms with E-state index in [2.05, 4.69) is 85.8 Å². The number of aromatic nitrogens is 3. The minimum atomic E-state index is 0. The van der Waals surface area contributed by atoms with Gasteiger partial charge in [-0.15, -0.1) is 17.5 Å². The Morgan fingerprint density at radius 1 is 0.904 bits per heavy atom. The van der Waals surface area contributed by atoms with Crippen molar-refractivity contribution < 1.29 is 30.0 Å². The number of aryl methyl sites for hydroxylation is 1. The molecule has 0 saturated heterocycles. The Morgan fingerprint density at radius 3 is 2.21 bits per heavy atom. The van der Waals surface area contributed by atoms with Gasteiger partial charge < -0.3 is 9.51 Å². The van der Waals surface area contributed by atoms with Crippen LogP contribution in [0, 0.1) is 30.2 Å². The molecule has 1 aliphatic carbocycles. The number of para-hydroxylation sites is 1. The van der Waals surface area contributed by atoms with Crippen LogP contribution in [-0.2, 0) is 24.9 Å². The largest absolute Gasteiger partial charge is 0.512 e. The number of aliphatic hydroxyl groups excluding tert-OH is 1. The summed E-state index contributed by atoms with van der Waals surface area (Å²) in [6.45, 7) is 15.2. The van der Waals surface area contributed by atoms with Crippen LogP contribution in [0.15, 0.2) is 72.8 Å². The van der Waals surface area contributed by atoms with Crippen LogP contribution in [0.3, 0.4) is 0 Å². The molecular formula is C46H52IrN3O2-. The van der Waals surface area contributed by atoms with Crippen LogP contribution in [0.1, 0.15) is 110 Å². The van der Waals surface area contributed by atoms with Gasteiger partial charge >= 0.3 is 0 Å². The van der Waals surface area contributed by atoms with Gasteiger partial charge in [0.05, 0.1) is 16.8 Å². The van der Waals surface area contributed by atoms with Crippen molar-refractivity contribution in [3.05, 3.63) is 90.0 Å². The third-order valence-corrected chi connectivity index (χ3v) is 12.1. The summed E-state index contributed by atoms with van der Waals surface area (Å²) in [4.78, 5) is 21.4. The van der Waals surface area contributed by atoms with E-state index in [0.29, 0.717) is 11.3 Å². The smallest absolute Gasteiger partial charge is 0.162 e. The molecule has 0 unspecified atom stereocenters. The van der Waals surface area contributed by atoms with Crippen molar-refractivity contribution in [3.8, 4) is 0 Å². The van der Waals surface area contributed by atoms with Crippen LogP contribution in [0.4, 0.5) is 0 Å². The van der Waals surface area contributed by atoms with Gasteiger partial charge in [-0.05, 0) is 85.9 Å². The zero-order chi connectivity index (χ0) is 36.0. The van der Waals surface area contributed by atoms with Crippen molar-refractivity contribution in [1.29, 1.82) is 0 Å². The number of allylic oxidation sites excluding steroid dienone is 2. The van der Waals surface area contributed by atoms with Crippen LogP contribution in [-0.4, -0.2) is 25.3 Å². The third kappa shape index (κ3) is 6.51. The fourth-order valence-electron chi connectivity index (χ4n) is 8.84. The van der Waals surface area contributed by atoms with E-state index in [0.717, 1.165) is 47.5 Å². The Kier molecular flexibility index (Phi) is 11.1. The first-order valence-corrected chi connectivity index (χ1v) is 19.2. The van der Waals surface area contributed by atoms with Crippen LogP contribution >= 0.6 is 0 Å². The Hall–Kier alpha value is -3.86. The average molecular weight is 871 g/mol. The van der Waals surface area contributed by atoms with Crippen molar-refractivity contribution in [3.63, 3.8) is 0 Å². The van der Waals surface area contributed by atoms with Crippen LogP contribution in [0.2, 0.25) is 0 Å². The number of aliphatic hydroxyl groups is 1. The van der Waals surface area contributed by atoms with E-state index >= 15 is 0 Å². The molecule has 0 bridgehead atoms.